The zero-order valence-electron chi connectivity index (χ0n) is 16.3. The average molecular weight is 397 g/mol. The molecule has 0 spiro atoms. The number of benzene rings is 2. The zero-order valence-corrected chi connectivity index (χ0v) is 16.3. The molecule has 0 aliphatic carbocycles. The van der Waals surface area contributed by atoms with Gasteiger partial charge in [0.15, 0.2) is 11.5 Å². The highest BCUT2D eigenvalue weighted by Gasteiger charge is 2.11. The van der Waals surface area contributed by atoms with Crippen LogP contribution in [0.3, 0.4) is 0 Å². The van der Waals surface area contributed by atoms with Gasteiger partial charge in [-0.15, -0.1) is 0 Å². The van der Waals surface area contributed by atoms with Gasteiger partial charge in [-0.1, -0.05) is 24.8 Å². The molecule has 0 unspecified atom stereocenters. The smallest absolute Gasteiger partial charge is 0.249 e. The second-order valence-electron chi connectivity index (χ2n) is 5.73. The van der Waals surface area contributed by atoms with Gasteiger partial charge in [0, 0.05) is 17.3 Å². The Balaban J connectivity index is 1.93. The van der Waals surface area contributed by atoms with E-state index in [9.17, 15) is 9.59 Å². The molecule has 2 rings (SSSR count). The molecule has 0 fully saturated rings. The Labute approximate surface area is 169 Å². The molecule has 0 radical (unpaired) electrons. The molecule has 8 heteroatoms. The van der Waals surface area contributed by atoms with E-state index in [0.717, 1.165) is 0 Å². The quantitative estimate of drug-likeness (QED) is 0.278. The fraction of sp³-hybridized carbons (Fsp3) is 0.190. The van der Waals surface area contributed by atoms with Crippen molar-refractivity contribution in [2.75, 3.05) is 26.1 Å². The maximum atomic E-state index is 12.0. The molecule has 0 aliphatic rings. The van der Waals surface area contributed by atoms with Crippen molar-refractivity contribution < 1.29 is 23.8 Å². The minimum atomic E-state index is -0.557. The molecule has 2 amide bonds. The third-order valence-corrected chi connectivity index (χ3v) is 3.64. The van der Waals surface area contributed by atoms with E-state index in [4.69, 9.17) is 14.2 Å². The molecule has 152 valence electrons. The number of nitrogens with one attached hydrogen (secondary N) is 2. The first-order valence-corrected chi connectivity index (χ1v) is 8.74. The van der Waals surface area contributed by atoms with Crippen molar-refractivity contribution in [1.29, 1.82) is 0 Å². The number of ether oxygens (including phenoxy) is 3. The van der Waals surface area contributed by atoms with Crippen LogP contribution < -0.4 is 25.0 Å². The van der Waals surface area contributed by atoms with Crippen molar-refractivity contribution in [2.24, 2.45) is 5.10 Å². The lowest BCUT2D eigenvalue weighted by Gasteiger charge is -2.11. The molecule has 2 N–H and O–H groups in total. The molecule has 8 nitrogen and oxygen atoms in total. The molecular weight excluding hydrogens is 374 g/mol. The van der Waals surface area contributed by atoms with E-state index in [1.807, 2.05) is 0 Å². The van der Waals surface area contributed by atoms with Crippen LogP contribution in [0.5, 0.6) is 17.2 Å². The molecular formula is C21H23N3O5. The topological polar surface area (TPSA) is 98.2 Å². The lowest BCUT2D eigenvalue weighted by atomic mass is 10.2. The normalized spacial score (nSPS) is 10.3. The van der Waals surface area contributed by atoms with Crippen molar-refractivity contribution in [1.82, 2.24) is 5.43 Å². The van der Waals surface area contributed by atoms with E-state index >= 15 is 0 Å². The van der Waals surface area contributed by atoms with Crippen LogP contribution in [-0.4, -0.2) is 38.9 Å². The first-order chi connectivity index (χ1) is 14.1. The standard InChI is InChI=1S/C21H23N3O5/c1-4-11-29-21-15(7-5-10-18(21)28-3)14-22-24-20(26)13-19(25)23-16-8-6-9-17(12-16)27-2/h4-10,12,14H,1,11,13H2,2-3H3,(H,23,25)(H,24,26). The number of amides is 2. The lowest BCUT2D eigenvalue weighted by molar-refractivity contribution is -0.126. The highest BCUT2D eigenvalue weighted by molar-refractivity contribution is 6.03. The molecule has 2 aromatic rings. The maximum absolute atomic E-state index is 12.0. The van der Waals surface area contributed by atoms with Crippen LogP contribution >= 0.6 is 0 Å². The van der Waals surface area contributed by atoms with E-state index in [-0.39, 0.29) is 13.0 Å². The van der Waals surface area contributed by atoms with Crippen LogP contribution in [-0.2, 0) is 9.59 Å². The number of carbonyl (C=O) groups is 2. The summed E-state index contributed by atoms with van der Waals surface area (Å²) >= 11 is 0. The number of rotatable bonds is 10. The molecule has 0 saturated heterocycles. The van der Waals surface area contributed by atoms with Gasteiger partial charge >= 0.3 is 0 Å². The number of nitrogens with zero attached hydrogens (tertiary/aromatic N) is 1. The Morgan fingerprint density at radius 3 is 2.62 bits per heavy atom. The SMILES string of the molecule is C=CCOc1c(C=NNC(=O)CC(=O)Nc2cccc(OC)c2)cccc1OC. The summed E-state index contributed by atoms with van der Waals surface area (Å²) in [4.78, 5) is 24.0. The molecule has 0 saturated carbocycles. The number of hydrazone groups is 1. The van der Waals surface area contributed by atoms with Gasteiger partial charge in [-0.05, 0) is 24.3 Å². The predicted molar refractivity (Wildman–Crippen MR) is 111 cm³/mol. The van der Waals surface area contributed by atoms with E-state index in [2.05, 4.69) is 22.4 Å². The van der Waals surface area contributed by atoms with Crippen LogP contribution in [0.1, 0.15) is 12.0 Å². The Hall–Kier alpha value is -3.81. The van der Waals surface area contributed by atoms with Crippen molar-refractivity contribution in [2.45, 2.75) is 6.42 Å². The predicted octanol–water partition coefficient (Wildman–Crippen LogP) is 2.75. The van der Waals surface area contributed by atoms with Crippen LogP contribution in [0.4, 0.5) is 5.69 Å². The van der Waals surface area contributed by atoms with Crippen molar-refractivity contribution in [3.8, 4) is 17.2 Å². The second kappa shape index (κ2) is 11.1. The third kappa shape index (κ3) is 6.69. The second-order valence-corrected chi connectivity index (χ2v) is 5.73. The van der Waals surface area contributed by atoms with Gasteiger partial charge < -0.3 is 19.5 Å². The fourth-order valence-electron chi connectivity index (χ4n) is 2.36. The first-order valence-electron chi connectivity index (χ1n) is 8.74. The van der Waals surface area contributed by atoms with E-state index < -0.39 is 11.8 Å². The van der Waals surface area contributed by atoms with E-state index in [1.165, 1.54) is 20.4 Å². The highest BCUT2D eigenvalue weighted by atomic mass is 16.5. The Bertz CT molecular complexity index is 896. The minimum Gasteiger partial charge on any atom is -0.497 e. The summed E-state index contributed by atoms with van der Waals surface area (Å²) in [6.07, 6.45) is 2.64. The van der Waals surface area contributed by atoms with Crippen LogP contribution in [0.25, 0.3) is 0 Å². The van der Waals surface area contributed by atoms with Gasteiger partial charge in [0.1, 0.15) is 18.8 Å². The van der Waals surface area contributed by atoms with Crippen LogP contribution in [0.2, 0.25) is 0 Å². The van der Waals surface area contributed by atoms with Crippen molar-refractivity contribution in [3.05, 3.63) is 60.7 Å². The number of carbonyl (C=O) groups excluding carboxylic acids is 2. The third-order valence-electron chi connectivity index (χ3n) is 3.64. The number of hydrogen-bond donors (Lipinski definition) is 2. The van der Waals surface area contributed by atoms with Gasteiger partial charge in [0.2, 0.25) is 11.8 Å². The summed E-state index contributed by atoms with van der Waals surface area (Å²) in [5, 5.41) is 6.51. The largest absolute Gasteiger partial charge is 0.497 e. The lowest BCUT2D eigenvalue weighted by Crippen LogP contribution is -2.24. The van der Waals surface area contributed by atoms with E-state index in [0.29, 0.717) is 28.5 Å². The number of para-hydroxylation sites is 1. The summed E-state index contributed by atoms with van der Waals surface area (Å²) in [7, 11) is 3.06. The van der Waals surface area contributed by atoms with Crippen LogP contribution in [0.15, 0.2) is 60.2 Å². The molecule has 2 aromatic carbocycles. The van der Waals surface area contributed by atoms with Gasteiger partial charge in [0.25, 0.3) is 0 Å². The Morgan fingerprint density at radius 2 is 1.90 bits per heavy atom. The average Bonchev–Trinajstić information content (AvgIpc) is 2.72. The van der Waals surface area contributed by atoms with E-state index in [1.54, 1.807) is 48.5 Å². The van der Waals surface area contributed by atoms with Crippen LogP contribution in [0, 0.1) is 0 Å². The molecule has 0 aromatic heterocycles. The number of hydrogen-bond acceptors (Lipinski definition) is 6. The highest BCUT2D eigenvalue weighted by Crippen LogP contribution is 2.30. The van der Waals surface area contributed by atoms with Gasteiger partial charge in [-0.3, -0.25) is 9.59 Å². The van der Waals surface area contributed by atoms with Gasteiger partial charge in [-0.2, -0.15) is 5.10 Å². The number of methoxy groups -OCH3 is 2. The molecule has 29 heavy (non-hydrogen) atoms. The first kappa shape index (κ1) is 21.5. The summed E-state index contributed by atoms with van der Waals surface area (Å²) < 4.78 is 15.9. The minimum absolute atomic E-state index is 0.290. The Kier molecular flexibility index (Phi) is 8.25. The van der Waals surface area contributed by atoms with Gasteiger partial charge in [0.05, 0.1) is 20.4 Å². The molecule has 0 aliphatic heterocycles. The molecule has 0 heterocycles. The number of anilines is 1. The van der Waals surface area contributed by atoms with Crippen molar-refractivity contribution in [3.63, 3.8) is 0 Å². The monoisotopic (exact) mass is 397 g/mol. The molecule has 0 bridgehead atoms. The van der Waals surface area contributed by atoms with Gasteiger partial charge in [-0.25, -0.2) is 5.43 Å². The maximum Gasteiger partial charge on any atom is 0.249 e. The molecule has 0 atom stereocenters. The fourth-order valence-corrected chi connectivity index (χ4v) is 2.36. The summed E-state index contributed by atoms with van der Waals surface area (Å²) in [6.45, 7) is 3.90. The summed E-state index contributed by atoms with van der Waals surface area (Å²) in [5.41, 5.74) is 3.46. The van der Waals surface area contributed by atoms with Crippen molar-refractivity contribution >= 4 is 23.7 Å². The summed E-state index contributed by atoms with van der Waals surface area (Å²) in [6, 6.07) is 12.1. The Morgan fingerprint density at radius 1 is 1.10 bits per heavy atom. The zero-order chi connectivity index (χ0) is 21.1. The summed E-state index contributed by atoms with van der Waals surface area (Å²) in [5.74, 6) is 0.577.